The fraction of sp³-hybridized carbons (Fsp3) is 0.0769. The molecule has 0 atom stereocenters. The van der Waals surface area contributed by atoms with Crippen molar-refractivity contribution in [3.63, 3.8) is 0 Å². The first-order valence-electron chi connectivity index (χ1n) is 10.3. The van der Waals surface area contributed by atoms with Crippen molar-refractivity contribution in [2.45, 2.75) is 11.8 Å². The van der Waals surface area contributed by atoms with E-state index < -0.39 is 17.2 Å². The number of nitrogens with one attached hydrogen (secondary N) is 1. The van der Waals surface area contributed by atoms with Gasteiger partial charge in [-0.15, -0.1) is 0 Å². The Hall–Kier alpha value is -3.34. The van der Waals surface area contributed by atoms with Crippen LogP contribution in [-0.2, 0) is 14.6 Å². The molecule has 0 aliphatic carbocycles. The van der Waals surface area contributed by atoms with Crippen LogP contribution >= 0.6 is 7.14 Å². The highest BCUT2D eigenvalue weighted by Gasteiger charge is 2.33. The number of sulfonamides is 1. The third-order valence-corrected chi connectivity index (χ3v) is 9.84. The molecule has 33 heavy (non-hydrogen) atoms. The summed E-state index contributed by atoms with van der Waals surface area (Å²) in [7, 11) is -5.84. The van der Waals surface area contributed by atoms with E-state index in [0.717, 1.165) is 5.56 Å². The lowest BCUT2D eigenvalue weighted by Crippen LogP contribution is -2.28. The summed E-state index contributed by atoms with van der Waals surface area (Å²) in [5, 5.41) is 1.55. The summed E-state index contributed by atoms with van der Waals surface area (Å²) in [5.74, 6) is 0.482. The Morgan fingerprint density at radius 3 is 1.82 bits per heavy atom. The fourth-order valence-corrected chi connectivity index (χ4v) is 7.58. The Morgan fingerprint density at radius 2 is 1.30 bits per heavy atom. The summed E-state index contributed by atoms with van der Waals surface area (Å²) < 4.78 is 49.3. The number of ether oxygens (including phenoxy) is 1. The largest absolute Gasteiger partial charge is 0.497 e. The van der Waals surface area contributed by atoms with Crippen LogP contribution in [0, 0.1) is 6.92 Å². The van der Waals surface area contributed by atoms with Crippen LogP contribution in [0.25, 0.3) is 0 Å². The minimum atomic E-state index is -3.91. The number of aryl methyl sites for hydroxylation is 1. The lowest BCUT2D eigenvalue weighted by molar-refractivity contribution is 0.415. The molecule has 4 aromatic carbocycles. The molecule has 0 bridgehead atoms. The van der Waals surface area contributed by atoms with E-state index in [4.69, 9.17) is 4.74 Å². The normalized spacial score (nSPS) is 11.7. The number of hydrogen-bond donors (Lipinski definition) is 1. The van der Waals surface area contributed by atoms with Gasteiger partial charge in [-0.3, -0.25) is 4.72 Å². The van der Waals surface area contributed by atoms with E-state index in [0.29, 0.717) is 21.7 Å². The first kappa shape index (κ1) is 22.8. The average molecular weight is 478 g/mol. The maximum absolute atomic E-state index is 14.9. The van der Waals surface area contributed by atoms with Crippen LogP contribution in [0.4, 0.5) is 5.69 Å². The second-order valence-electron chi connectivity index (χ2n) is 7.58. The zero-order valence-corrected chi connectivity index (χ0v) is 20.0. The van der Waals surface area contributed by atoms with Crippen LogP contribution in [0.5, 0.6) is 5.75 Å². The minimum absolute atomic E-state index is 0.129. The minimum Gasteiger partial charge on any atom is -0.497 e. The highest BCUT2D eigenvalue weighted by Crippen LogP contribution is 2.45. The molecule has 0 radical (unpaired) electrons. The molecule has 0 saturated carbocycles. The van der Waals surface area contributed by atoms with Gasteiger partial charge in [-0.1, -0.05) is 78.4 Å². The van der Waals surface area contributed by atoms with Gasteiger partial charge in [0.1, 0.15) is 5.75 Å². The van der Waals surface area contributed by atoms with Gasteiger partial charge in [-0.05, 0) is 37.3 Å². The molecule has 168 valence electrons. The molecule has 4 aromatic rings. The zero-order valence-electron chi connectivity index (χ0n) is 18.3. The summed E-state index contributed by atoms with van der Waals surface area (Å²) >= 11 is 0. The molecule has 0 aromatic heterocycles. The molecule has 0 aliphatic heterocycles. The van der Waals surface area contributed by atoms with E-state index in [-0.39, 0.29) is 10.6 Å². The second kappa shape index (κ2) is 9.26. The molecule has 7 heteroatoms. The van der Waals surface area contributed by atoms with Crippen molar-refractivity contribution in [3.8, 4) is 5.75 Å². The van der Waals surface area contributed by atoms with E-state index in [1.54, 1.807) is 66.7 Å². The van der Waals surface area contributed by atoms with Gasteiger partial charge in [0, 0.05) is 15.9 Å². The monoisotopic (exact) mass is 477 g/mol. The molecular weight excluding hydrogens is 453 g/mol. The highest BCUT2D eigenvalue weighted by molar-refractivity contribution is 7.93. The summed E-state index contributed by atoms with van der Waals surface area (Å²) in [6, 6.07) is 29.6. The molecule has 0 aliphatic rings. The van der Waals surface area contributed by atoms with Crippen molar-refractivity contribution in [1.29, 1.82) is 0 Å². The Bertz CT molecular complexity index is 1360. The quantitative estimate of drug-likeness (QED) is 0.400. The lowest BCUT2D eigenvalue weighted by Gasteiger charge is -2.23. The highest BCUT2D eigenvalue weighted by atomic mass is 32.2. The molecule has 0 spiro atoms. The third kappa shape index (κ3) is 4.58. The van der Waals surface area contributed by atoms with E-state index >= 15 is 0 Å². The summed E-state index contributed by atoms with van der Waals surface area (Å²) in [5.41, 5.74) is 1.20. The van der Waals surface area contributed by atoms with Gasteiger partial charge in [-0.2, -0.15) is 0 Å². The average Bonchev–Trinajstić information content (AvgIpc) is 2.85. The molecule has 0 amide bonds. The molecule has 0 saturated heterocycles. The number of hydrogen-bond acceptors (Lipinski definition) is 4. The number of methoxy groups -OCH3 is 1. The van der Waals surface area contributed by atoms with Crippen molar-refractivity contribution < 1.29 is 17.7 Å². The van der Waals surface area contributed by atoms with Gasteiger partial charge < -0.3 is 9.30 Å². The molecule has 4 rings (SSSR count). The third-order valence-electron chi connectivity index (χ3n) is 5.36. The predicted octanol–water partition coefficient (Wildman–Crippen LogP) is 4.44. The summed E-state index contributed by atoms with van der Waals surface area (Å²) in [6.45, 7) is 1.89. The maximum atomic E-state index is 14.9. The van der Waals surface area contributed by atoms with Gasteiger partial charge in [0.2, 0.25) is 0 Å². The number of rotatable bonds is 7. The van der Waals surface area contributed by atoms with Gasteiger partial charge in [-0.25, -0.2) is 8.42 Å². The molecule has 5 nitrogen and oxygen atoms in total. The molecule has 0 fully saturated rings. The lowest BCUT2D eigenvalue weighted by atomic mass is 10.2. The Kier molecular flexibility index (Phi) is 6.41. The number of anilines is 1. The van der Waals surface area contributed by atoms with Crippen LogP contribution in [0.2, 0.25) is 0 Å². The van der Waals surface area contributed by atoms with E-state index in [1.807, 2.05) is 43.3 Å². The predicted molar refractivity (Wildman–Crippen MR) is 134 cm³/mol. The maximum Gasteiger partial charge on any atom is 0.261 e. The van der Waals surface area contributed by atoms with Crippen molar-refractivity contribution in [2.75, 3.05) is 11.8 Å². The standard InChI is InChI=1S/C26H24NO4PS/c1-20-13-16-24(17-14-20)33(29,30)27-25-18-15-21(31-2)19-26(25)32(28,22-9-5-3-6-10-22)23-11-7-4-8-12-23/h3-19,27H,1-2H3. The van der Waals surface area contributed by atoms with Crippen molar-refractivity contribution in [3.05, 3.63) is 109 Å². The first-order valence-corrected chi connectivity index (χ1v) is 13.5. The Labute approximate surface area is 194 Å². The van der Waals surface area contributed by atoms with E-state index in [9.17, 15) is 13.0 Å². The van der Waals surface area contributed by atoms with Gasteiger partial charge in [0.15, 0.2) is 7.14 Å². The summed E-state index contributed by atoms with van der Waals surface area (Å²) in [6.07, 6.45) is 0. The van der Waals surface area contributed by atoms with Crippen molar-refractivity contribution in [1.82, 2.24) is 0 Å². The van der Waals surface area contributed by atoms with Crippen LogP contribution in [0.3, 0.4) is 0 Å². The van der Waals surface area contributed by atoms with Crippen LogP contribution in [0.15, 0.2) is 108 Å². The zero-order chi connectivity index (χ0) is 23.5. The molecular formula is C26H24NO4PS. The topological polar surface area (TPSA) is 72.5 Å². The molecule has 0 heterocycles. The van der Waals surface area contributed by atoms with Gasteiger partial charge in [0.25, 0.3) is 10.0 Å². The molecule has 1 N–H and O–H groups in total. The van der Waals surface area contributed by atoms with E-state index in [2.05, 4.69) is 4.72 Å². The van der Waals surface area contributed by atoms with Crippen LogP contribution in [0.1, 0.15) is 5.56 Å². The van der Waals surface area contributed by atoms with Crippen molar-refractivity contribution >= 4 is 38.8 Å². The van der Waals surface area contributed by atoms with Gasteiger partial charge in [0.05, 0.1) is 17.7 Å². The Balaban J connectivity index is 1.93. The van der Waals surface area contributed by atoms with Crippen molar-refractivity contribution in [2.24, 2.45) is 0 Å². The van der Waals surface area contributed by atoms with Crippen LogP contribution in [-0.4, -0.2) is 15.5 Å². The first-order chi connectivity index (χ1) is 15.8. The Morgan fingerprint density at radius 1 is 0.758 bits per heavy atom. The summed E-state index contributed by atoms with van der Waals surface area (Å²) in [4.78, 5) is 0.129. The fourth-order valence-electron chi connectivity index (χ4n) is 3.61. The molecule has 0 unspecified atom stereocenters. The second-order valence-corrected chi connectivity index (χ2v) is 12.0. The van der Waals surface area contributed by atoms with Crippen LogP contribution < -0.4 is 25.4 Å². The van der Waals surface area contributed by atoms with Gasteiger partial charge >= 0.3 is 0 Å². The smallest absolute Gasteiger partial charge is 0.261 e. The number of benzene rings is 4. The van der Waals surface area contributed by atoms with E-state index in [1.165, 1.54) is 7.11 Å². The SMILES string of the molecule is COc1ccc(NS(=O)(=O)c2ccc(C)cc2)c(P(=O)(c2ccccc2)c2ccccc2)c1.